The third kappa shape index (κ3) is 35.0. The molecule has 43 heavy (non-hydrogen) atoms. The fourth-order valence-electron chi connectivity index (χ4n) is 6.09. The van der Waals surface area contributed by atoms with E-state index in [2.05, 4.69) is 20.8 Å². The molecule has 0 heterocycles. The van der Waals surface area contributed by atoms with Gasteiger partial charge in [-0.3, -0.25) is 0 Å². The lowest BCUT2D eigenvalue weighted by atomic mass is 10.0. The molecule has 0 atom stereocenters. The van der Waals surface area contributed by atoms with E-state index in [1.54, 1.807) is 0 Å². The molecule has 260 valence electrons. The van der Waals surface area contributed by atoms with E-state index in [4.69, 9.17) is 9.05 Å². The molecule has 0 aliphatic heterocycles. The zero-order valence-electron chi connectivity index (χ0n) is 30.2. The van der Waals surface area contributed by atoms with Gasteiger partial charge in [0.25, 0.3) is 0 Å². The van der Waals surface area contributed by atoms with Crippen LogP contribution in [-0.2, 0) is 9.05 Å². The Kier molecular flexibility index (Phi) is 37.0. The van der Waals surface area contributed by atoms with Gasteiger partial charge in [-0.1, -0.05) is 207 Å². The van der Waals surface area contributed by atoms with Crippen LogP contribution >= 0.6 is 7.94 Å². The summed E-state index contributed by atoms with van der Waals surface area (Å²) in [5.74, 6) is 0. The molecule has 0 saturated heterocycles. The minimum absolute atomic E-state index is 0.659. The summed E-state index contributed by atoms with van der Waals surface area (Å²) in [7, 11) is -2.69. The SMILES string of the molecule is CCCCCCCCCCCCCCCCCCCCCCC[P+](O)(OCCCCCCCC)OCCCCCCCC. The molecule has 0 aliphatic carbocycles. The van der Waals surface area contributed by atoms with Gasteiger partial charge in [0, 0.05) is 0 Å². The summed E-state index contributed by atoms with van der Waals surface area (Å²) in [6, 6.07) is 0. The van der Waals surface area contributed by atoms with E-state index in [1.165, 1.54) is 193 Å². The summed E-state index contributed by atoms with van der Waals surface area (Å²) in [6.07, 6.45) is 45.0. The lowest BCUT2D eigenvalue weighted by Crippen LogP contribution is -2.09. The minimum Gasteiger partial charge on any atom is -0.193 e. The van der Waals surface area contributed by atoms with Crippen molar-refractivity contribution >= 4 is 7.94 Å². The molecule has 0 spiro atoms. The van der Waals surface area contributed by atoms with Crippen LogP contribution in [0.1, 0.15) is 233 Å². The normalized spacial score (nSPS) is 12.0. The Morgan fingerprint density at radius 2 is 0.512 bits per heavy atom. The van der Waals surface area contributed by atoms with Crippen LogP contribution in [0.4, 0.5) is 0 Å². The standard InChI is InChI=1S/C39H82O3P/c1-4-7-10-13-16-17-18-19-20-21-22-23-24-25-26-27-28-29-30-33-36-39-43(40,41-37-34-31-14-11-8-5-2)42-38-35-32-15-12-9-6-3/h40H,4-39H2,1-3H3/q+1. The van der Waals surface area contributed by atoms with Crippen molar-refractivity contribution in [2.24, 2.45) is 0 Å². The van der Waals surface area contributed by atoms with Gasteiger partial charge in [-0.05, 0) is 25.7 Å². The Hall–Kier alpha value is 0.310. The molecule has 0 saturated carbocycles. The predicted octanol–water partition coefficient (Wildman–Crippen LogP) is 14.7. The third-order valence-corrected chi connectivity index (χ3v) is 11.2. The predicted molar refractivity (Wildman–Crippen MR) is 195 cm³/mol. The van der Waals surface area contributed by atoms with Gasteiger partial charge in [0.1, 0.15) is 6.16 Å². The molecule has 0 fully saturated rings. The first-order chi connectivity index (χ1) is 21.2. The van der Waals surface area contributed by atoms with Crippen molar-refractivity contribution in [2.75, 3.05) is 19.4 Å². The lowest BCUT2D eigenvalue weighted by Gasteiger charge is -2.17. The quantitative estimate of drug-likeness (QED) is 0.0545. The van der Waals surface area contributed by atoms with E-state index in [1.807, 2.05) is 0 Å². The highest BCUT2D eigenvalue weighted by atomic mass is 31.2. The van der Waals surface area contributed by atoms with Gasteiger partial charge in [-0.15, -0.1) is 0 Å². The maximum absolute atomic E-state index is 11.2. The molecule has 0 radical (unpaired) electrons. The Morgan fingerprint density at radius 3 is 0.767 bits per heavy atom. The number of hydrogen-bond donors (Lipinski definition) is 1. The van der Waals surface area contributed by atoms with Crippen molar-refractivity contribution in [2.45, 2.75) is 233 Å². The molecule has 0 amide bonds. The van der Waals surface area contributed by atoms with E-state index in [-0.39, 0.29) is 0 Å². The summed E-state index contributed by atoms with van der Waals surface area (Å²) in [5.41, 5.74) is 0. The molecule has 1 N–H and O–H groups in total. The maximum Gasteiger partial charge on any atom is 0.408 e. The van der Waals surface area contributed by atoms with Crippen molar-refractivity contribution in [3.63, 3.8) is 0 Å². The maximum atomic E-state index is 11.2. The van der Waals surface area contributed by atoms with Crippen LogP contribution in [0, 0.1) is 0 Å². The second kappa shape index (κ2) is 36.8. The van der Waals surface area contributed by atoms with E-state index >= 15 is 0 Å². The highest BCUT2D eigenvalue weighted by molar-refractivity contribution is 7.60. The average molecular weight is 630 g/mol. The van der Waals surface area contributed by atoms with Crippen LogP contribution in [0.3, 0.4) is 0 Å². The van der Waals surface area contributed by atoms with Crippen molar-refractivity contribution in [1.29, 1.82) is 0 Å². The molecule has 3 nitrogen and oxygen atoms in total. The van der Waals surface area contributed by atoms with E-state index in [0.29, 0.717) is 13.2 Å². The van der Waals surface area contributed by atoms with Gasteiger partial charge in [-0.2, -0.15) is 13.9 Å². The molecule has 0 unspecified atom stereocenters. The first-order valence-electron chi connectivity index (χ1n) is 20.1. The molecular formula is C39H82O3P+. The van der Waals surface area contributed by atoms with E-state index in [0.717, 1.165) is 25.4 Å². The summed E-state index contributed by atoms with van der Waals surface area (Å²) in [6.45, 7) is 8.14. The summed E-state index contributed by atoms with van der Waals surface area (Å²) < 4.78 is 12.1. The van der Waals surface area contributed by atoms with Gasteiger partial charge < -0.3 is 0 Å². The zero-order valence-corrected chi connectivity index (χ0v) is 31.1. The number of rotatable bonds is 38. The number of unbranched alkanes of at least 4 members (excludes halogenated alkanes) is 30. The van der Waals surface area contributed by atoms with Gasteiger partial charge in [-0.25, -0.2) is 0 Å². The Bertz CT molecular complexity index is 483. The molecule has 0 aromatic heterocycles. The molecule has 0 rings (SSSR count). The largest absolute Gasteiger partial charge is 0.408 e. The van der Waals surface area contributed by atoms with Crippen molar-refractivity contribution < 1.29 is 13.9 Å². The molecule has 0 bridgehead atoms. The minimum atomic E-state index is -2.69. The van der Waals surface area contributed by atoms with Crippen molar-refractivity contribution in [3.8, 4) is 0 Å². The summed E-state index contributed by atoms with van der Waals surface area (Å²) >= 11 is 0. The molecular weight excluding hydrogens is 547 g/mol. The average Bonchev–Trinajstić information content (AvgIpc) is 3.01. The van der Waals surface area contributed by atoms with Gasteiger partial charge in [0.2, 0.25) is 0 Å². The summed E-state index contributed by atoms with van der Waals surface area (Å²) in [5, 5.41) is 0. The zero-order chi connectivity index (χ0) is 31.4. The van der Waals surface area contributed by atoms with Gasteiger partial charge >= 0.3 is 7.94 Å². The van der Waals surface area contributed by atoms with Crippen LogP contribution in [0.2, 0.25) is 0 Å². The molecule has 4 heteroatoms. The second-order valence-corrected chi connectivity index (χ2v) is 15.9. The Morgan fingerprint density at radius 1 is 0.302 bits per heavy atom. The van der Waals surface area contributed by atoms with E-state index in [9.17, 15) is 4.89 Å². The monoisotopic (exact) mass is 630 g/mol. The highest BCUT2D eigenvalue weighted by Crippen LogP contribution is 2.57. The lowest BCUT2D eigenvalue weighted by molar-refractivity contribution is 0.169. The first kappa shape index (κ1) is 43.3. The number of hydrogen-bond acceptors (Lipinski definition) is 3. The summed E-state index contributed by atoms with van der Waals surface area (Å²) in [4.78, 5) is 11.2. The molecule has 0 aliphatic rings. The van der Waals surface area contributed by atoms with Crippen LogP contribution < -0.4 is 0 Å². The topological polar surface area (TPSA) is 38.7 Å². The fourth-order valence-corrected chi connectivity index (χ4v) is 7.87. The first-order valence-corrected chi connectivity index (χ1v) is 21.8. The molecule has 0 aromatic carbocycles. The van der Waals surface area contributed by atoms with Crippen LogP contribution in [-0.4, -0.2) is 24.3 Å². The van der Waals surface area contributed by atoms with Crippen LogP contribution in [0.25, 0.3) is 0 Å². The fraction of sp³-hybridized carbons (Fsp3) is 1.00. The van der Waals surface area contributed by atoms with Crippen molar-refractivity contribution in [1.82, 2.24) is 0 Å². The smallest absolute Gasteiger partial charge is 0.193 e. The van der Waals surface area contributed by atoms with E-state index < -0.39 is 7.94 Å². The van der Waals surface area contributed by atoms with Crippen LogP contribution in [0.15, 0.2) is 0 Å². The van der Waals surface area contributed by atoms with Crippen molar-refractivity contribution in [3.05, 3.63) is 0 Å². The van der Waals surface area contributed by atoms with Gasteiger partial charge in [0.05, 0.1) is 13.2 Å². The highest BCUT2D eigenvalue weighted by Gasteiger charge is 2.39. The Balaban J connectivity index is 3.73. The van der Waals surface area contributed by atoms with Crippen LogP contribution in [0.5, 0.6) is 0 Å². The third-order valence-electron chi connectivity index (χ3n) is 9.13. The second-order valence-electron chi connectivity index (χ2n) is 13.6. The molecule has 0 aromatic rings. The Labute approximate surface area is 273 Å². The van der Waals surface area contributed by atoms with Gasteiger partial charge in [0.15, 0.2) is 0 Å².